The maximum atomic E-state index is 12.2. The van der Waals surface area contributed by atoms with Crippen molar-refractivity contribution in [1.82, 2.24) is 9.88 Å². The normalized spacial score (nSPS) is 10.5. The van der Waals surface area contributed by atoms with E-state index in [1.807, 2.05) is 25.1 Å². The topological polar surface area (TPSA) is 51.1 Å². The first-order valence-electron chi connectivity index (χ1n) is 5.53. The smallest absolute Gasteiger partial charge is 0.267 e. The van der Waals surface area contributed by atoms with Crippen molar-refractivity contribution in [1.29, 1.82) is 0 Å². The van der Waals surface area contributed by atoms with Gasteiger partial charge in [-0.15, -0.1) is 0 Å². The van der Waals surface area contributed by atoms with Crippen molar-refractivity contribution in [3.8, 4) is 0 Å². The first-order valence-corrected chi connectivity index (χ1v) is 5.53. The van der Waals surface area contributed by atoms with E-state index in [2.05, 4.69) is 5.32 Å². The molecule has 17 heavy (non-hydrogen) atoms. The molecule has 1 heterocycles. The largest absolute Gasteiger partial charge is 0.354 e. The van der Waals surface area contributed by atoms with Gasteiger partial charge in [0.15, 0.2) is 0 Å². The SMILES string of the molecule is CCn1c(C(=O)NC)cc2ccccc2c1=O. The minimum absolute atomic E-state index is 0.121. The fourth-order valence-electron chi connectivity index (χ4n) is 1.93. The molecule has 4 nitrogen and oxygen atoms in total. The molecule has 1 N–H and O–H groups in total. The average Bonchev–Trinajstić information content (AvgIpc) is 2.37. The highest BCUT2D eigenvalue weighted by Crippen LogP contribution is 2.11. The second-order valence-electron chi connectivity index (χ2n) is 3.75. The average molecular weight is 230 g/mol. The molecule has 0 aliphatic rings. The molecule has 4 heteroatoms. The molecule has 0 atom stereocenters. The molecule has 2 rings (SSSR count). The lowest BCUT2D eigenvalue weighted by atomic mass is 10.1. The van der Waals surface area contributed by atoms with E-state index in [9.17, 15) is 9.59 Å². The van der Waals surface area contributed by atoms with Gasteiger partial charge in [-0.1, -0.05) is 18.2 Å². The number of carbonyl (C=O) groups is 1. The summed E-state index contributed by atoms with van der Waals surface area (Å²) in [5.41, 5.74) is 0.280. The number of nitrogens with zero attached hydrogens (tertiary/aromatic N) is 1. The lowest BCUT2D eigenvalue weighted by Gasteiger charge is -2.11. The fraction of sp³-hybridized carbons (Fsp3) is 0.231. The van der Waals surface area contributed by atoms with Gasteiger partial charge in [0.2, 0.25) is 0 Å². The molecule has 0 aliphatic carbocycles. The van der Waals surface area contributed by atoms with E-state index < -0.39 is 0 Å². The maximum absolute atomic E-state index is 12.2. The van der Waals surface area contributed by atoms with Crippen LogP contribution in [0.5, 0.6) is 0 Å². The third-order valence-corrected chi connectivity index (χ3v) is 2.80. The van der Waals surface area contributed by atoms with Crippen LogP contribution in [0.3, 0.4) is 0 Å². The predicted octanol–water partition coefficient (Wildman–Crippen LogP) is 1.38. The lowest BCUT2D eigenvalue weighted by molar-refractivity contribution is 0.0953. The molecule has 2 aromatic rings. The molecular weight excluding hydrogens is 216 g/mol. The van der Waals surface area contributed by atoms with Crippen molar-refractivity contribution in [3.63, 3.8) is 0 Å². The Morgan fingerprint density at radius 2 is 2.06 bits per heavy atom. The number of hydrogen-bond acceptors (Lipinski definition) is 2. The molecule has 0 saturated heterocycles. The molecule has 0 unspecified atom stereocenters. The number of fused-ring (bicyclic) bond motifs is 1. The highest BCUT2D eigenvalue weighted by atomic mass is 16.2. The van der Waals surface area contributed by atoms with Crippen molar-refractivity contribution in [2.75, 3.05) is 7.05 Å². The standard InChI is InChI=1S/C13H14N2O2/c1-3-15-11(12(16)14-2)8-9-6-4-5-7-10(9)13(15)17/h4-8H,3H2,1-2H3,(H,14,16). The van der Waals surface area contributed by atoms with E-state index in [-0.39, 0.29) is 11.5 Å². The van der Waals surface area contributed by atoms with Crippen LogP contribution < -0.4 is 10.9 Å². The molecule has 0 spiro atoms. The number of carbonyl (C=O) groups excluding carboxylic acids is 1. The van der Waals surface area contributed by atoms with E-state index >= 15 is 0 Å². The molecule has 1 aromatic carbocycles. The minimum atomic E-state index is -0.241. The van der Waals surface area contributed by atoms with Crippen LogP contribution in [0, 0.1) is 0 Å². The Balaban J connectivity index is 2.85. The highest BCUT2D eigenvalue weighted by Gasteiger charge is 2.12. The van der Waals surface area contributed by atoms with Gasteiger partial charge in [0.1, 0.15) is 5.69 Å². The van der Waals surface area contributed by atoms with Gasteiger partial charge in [-0.25, -0.2) is 0 Å². The second kappa shape index (κ2) is 4.41. The van der Waals surface area contributed by atoms with E-state index in [0.717, 1.165) is 5.39 Å². The summed E-state index contributed by atoms with van der Waals surface area (Å²) in [7, 11) is 1.56. The van der Waals surface area contributed by atoms with Crippen molar-refractivity contribution >= 4 is 16.7 Å². The van der Waals surface area contributed by atoms with Crippen molar-refractivity contribution in [3.05, 3.63) is 46.4 Å². The van der Waals surface area contributed by atoms with Gasteiger partial charge in [-0.3, -0.25) is 9.59 Å². The van der Waals surface area contributed by atoms with E-state index in [1.165, 1.54) is 4.57 Å². The zero-order chi connectivity index (χ0) is 12.4. The number of amides is 1. The highest BCUT2D eigenvalue weighted by molar-refractivity contribution is 5.96. The number of pyridine rings is 1. The predicted molar refractivity (Wildman–Crippen MR) is 67.3 cm³/mol. The number of nitrogens with one attached hydrogen (secondary N) is 1. The van der Waals surface area contributed by atoms with Crippen LogP contribution in [0.25, 0.3) is 10.8 Å². The Morgan fingerprint density at radius 3 is 2.71 bits per heavy atom. The molecule has 0 fully saturated rings. The third kappa shape index (κ3) is 1.82. The van der Waals surface area contributed by atoms with Crippen LogP contribution in [0.4, 0.5) is 0 Å². The van der Waals surface area contributed by atoms with Crippen LogP contribution >= 0.6 is 0 Å². The summed E-state index contributed by atoms with van der Waals surface area (Å²) in [4.78, 5) is 23.9. The maximum Gasteiger partial charge on any atom is 0.267 e. The molecule has 0 bridgehead atoms. The summed E-state index contributed by atoms with van der Waals surface area (Å²) in [5, 5.41) is 3.98. The molecule has 0 aliphatic heterocycles. The fourth-order valence-corrected chi connectivity index (χ4v) is 1.93. The van der Waals surface area contributed by atoms with Gasteiger partial charge in [0, 0.05) is 19.0 Å². The Bertz CT molecular complexity index is 629. The summed E-state index contributed by atoms with van der Waals surface area (Å²) in [6.07, 6.45) is 0. The summed E-state index contributed by atoms with van der Waals surface area (Å²) in [6, 6.07) is 9.04. The summed E-state index contributed by atoms with van der Waals surface area (Å²) < 4.78 is 1.49. The van der Waals surface area contributed by atoms with Crippen LogP contribution in [0.2, 0.25) is 0 Å². The van der Waals surface area contributed by atoms with Gasteiger partial charge >= 0.3 is 0 Å². The zero-order valence-electron chi connectivity index (χ0n) is 9.86. The Labute approximate surface area is 98.9 Å². The molecular formula is C13H14N2O2. The van der Waals surface area contributed by atoms with E-state index in [0.29, 0.717) is 17.6 Å². The van der Waals surface area contributed by atoms with Crippen LogP contribution in [-0.4, -0.2) is 17.5 Å². The van der Waals surface area contributed by atoms with Crippen LogP contribution in [-0.2, 0) is 6.54 Å². The lowest BCUT2D eigenvalue weighted by Crippen LogP contribution is -2.30. The first-order chi connectivity index (χ1) is 8.19. The van der Waals surface area contributed by atoms with Gasteiger partial charge in [-0.05, 0) is 24.4 Å². The monoisotopic (exact) mass is 230 g/mol. The van der Waals surface area contributed by atoms with Gasteiger partial charge in [0.05, 0.1) is 0 Å². The minimum Gasteiger partial charge on any atom is -0.354 e. The second-order valence-corrected chi connectivity index (χ2v) is 3.75. The van der Waals surface area contributed by atoms with Gasteiger partial charge in [-0.2, -0.15) is 0 Å². The van der Waals surface area contributed by atoms with Crippen molar-refractivity contribution in [2.24, 2.45) is 0 Å². The Kier molecular flexibility index (Phi) is 2.95. The number of benzene rings is 1. The van der Waals surface area contributed by atoms with Crippen molar-refractivity contribution < 1.29 is 4.79 Å². The quantitative estimate of drug-likeness (QED) is 0.847. The molecule has 0 saturated carbocycles. The Morgan fingerprint density at radius 1 is 1.35 bits per heavy atom. The molecule has 0 radical (unpaired) electrons. The van der Waals surface area contributed by atoms with Crippen molar-refractivity contribution in [2.45, 2.75) is 13.5 Å². The van der Waals surface area contributed by atoms with Gasteiger partial charge < -0.3 is 9.88 Å². The van der Waals surface area contributed by atoms with Crippen LogP contribution in [0.15, 0.2) is 35.1 Å². The number of hydrogen-bond donors (Lipinski definition) is 1. The van der Waals surface area contributed by atoms with E-state index in [1.54, 1.807) is 19.2 Å². The molecule has 1 aromatic heterocycles. The Hall–Kier alpha value is -2.10. The molecule has 1 amide bonds. The molecule has 88 valence electrons. The third-order valence-electron chi connectivity index (χ3n) is 2.80. The first kappa shape index (κ1) is 11.4. The zero-order valence-corrected chi connectivity index (χ0v) is 9.86. The van der Waals surface area contributed by atoms with Crippen LogP contribution in [0.1, 0.15) is 17.4 Å². The van der Waals surface area contributed by atoms with E-state index in [4.69, 9.17) is 0 Å². The number of aromatic nitrogens is 1. The number of rotatable bonds is 2. The summed E-state index contributed by atoms with van der Waals surface area (Å²) in [6.45, 7) is 2.33. The summed E-state index contributed by atoms with van der Waals surface area (Å²) in [5.74, 6) is -0.241. The summed E-state index contributed by atoms with van der Waals surface area (Å²) >= 11 is 0. The van der Waals surface area contributed by atoms with Gasteiger partial charge in [0.25, 0.3) is 11.5 Å².